The fourth-order valence-electron chi connectivity index (χ4n) is 2.66. The quantitative estimate of drug-likeness (QED) is 0.483. The SMILES string of the molecule is [N-]=[N+]=NC1CC(n2cc(/C=C/Br)c(=O)[nH]c2=O)CC1CO. The molecule has 1 aliphatic carbocycles. The molecule has 112 valence electrons. The van der Waals surface area contributed by atoms with E-state index in [-0.39, 0.29) is 24.6 Å². The molecule has 3 atom stereocenters. The van der Waals surface area contributed by atoms with Gasteiger partial charge < -0.3 is 5.11 Å². The number of azide groups is 1. The maximum Gasteiger partial charge on any atom is 0.328 e. The molecule has 8 nitrogen and oxygen atoms in total. The van der Waals surface area contributed by atoms with Crippen LogP contribution in [0, 0.1) is 5.92 Å². The Hall–Kier alpha value is -1.83. The molecule has 0 aromatic carbocycles. The zero-order valence-corrected chi connectivity index (χ0v) is 12.6. The molecule has 0 amide bonds. The van der Waals surface area contributed by atoms with Crippen LogP contribution in [0.3, 0.4) is 0 Å². The number of aliphatic hydroxyl groups is 1. The van der Waals surface area contributed by atoms with E-state index in [1.165, 1.54) is 21.8 Å². The van der Waals surface area contributed by atoms with Crippen molar-refractivity contribution in [2.75, 3.05) is 6.61 Å². The van der Waals surface area contributed by atoms with Crippen LogP contribution >= 0.6 is 15.9 Å². The van der Waals surface area contributed by atoms with E-state index >= 15 is 0 Å². The third-order valence-electron chi connectivity index (χ3n) is 3.70. The molecule has 21 heavy (non-hydrogen) atoms. The number of rotatable bonds is 4. The summed E-state index contributed by atoms with van der Waals surface area (Å²) in [6, 6.07) is -0.566. The summed E-state index contributed by atoms with van der Waals surface area (Å²) in [7, 11) is 0. The fourth-order valence-corrected chi connectivity index (χ4v) is 2.95. The van der Waals surface area contributed by atoms with Crippen molar-refractivity contribution in [1.82, 2.24) is 9.55 Å². The van der Waals surface area contributed by atoms with Gasteiger partial charge in [0.1, 0.15) is 0 Å². The highest BCUT2D eigenvalue weighted by molar-refractivity contribution is 9.11. The van der Waals surface area contributed by atoms with Crippen LogP contribution in [0.2, 0.25) is 0 Å². The van der Waals surface area contributed by atoms with Gasteiger partial charge in [-0.1, -0.05) is 21.0 Å². The lowest BCUT2D eigenvalue weighted by atomic mass is 10.1. The van der Waals surface area contributed by atoms with E-state index in [1.54, 1.807) is 0 Å². The van der Waals surface area contributed by atoms with Crippen LogP contribution < -0.4 is 11.2 Å². The molecule has 0 saturated heterocycles. The van der Waals surface area contributed by atoms with Gasteiger partial charge in [0.25, 0.3) is 5.56 Å². The second kappa shape index (κ2) is 6.75. The van der Waals surface area contributed by atoms with Gasteiger partial charge in [-0.15, -0.1) is 0 Å². The summed E-state index contributed by atoms with van der Waals surface area (Å²) >= 11 is 3.09. The van der Waals surface area contributed by atoms with Crippen LogP contribution in [0.1, 0.15) is 24.4 Å². The molecule has 1 fully saturated rings. The molecule has 9 heteroatoms. The van der Waals surface area contributed by atoms with Crippen molar-refractivity contribution in [2.45, 2.75) is 24.9 Å². The molecule has 0 spiro atoms. The number of H-pyrrole nitrogens is 1. The Kier molecular flexibility index (Phi) is 5.00. The van der Waals surface area contributed by atoms with E-state index in [9.17, 15) is 14.7 Å². The molecule has 1 aromatic heterocycles. The van der Waals surface area contributed by atoms with Crippen LogP contribution in [-0.2, 0) is 0 Å². The Balaban J connectivity index is 2.39. The molecule has 0 radical (unpaired) electrons. The lowest BCUT2D eigenvalue weighted by Gasteiger charge is -2.13. The highest BCUT2D eigenvalue weighted by atomic mass is 79.9. The van der Waals surface area contributed by atoms with Gasteiger partial charge in [0.15, 0.2) is 0 Å². The molecule has 3 unspecified atom stereocenters. The summed E-state index contributed by atoms with van der Waals surface area (Å²) in [5.41, 5.74) is 7.93. The standard InChI is InChI=1S/C12H14BrN5O3/c13-2-1-7-5-18(12(21)15-11(7)20)9-3-8(6-19)10(4-9)16-17-14/h1-2,5,8-10,19H,3-4,6H2,(H,15,20,21)/b2-1+. The van der Waals surface area contributed by atoms with Gasteiger partial charge in [0.2, 0.25) is 0 Å². The highest BCUT2D eigenvalue weighted by Gasteiger charge is 2.34. The Morgan fingerprint density at radius 2 is 2.33 bits per heavy atom. The summed E-state index contributed by atoms with van der Waals surface area (Å²) in [6.45, 7) is -0.105. The average Bonchev–Trinajstić information content (AvgIpc) is 2.85. The molecular formula is C12H14BrN5O3. The number of halogens is 1. The van der Waals surface area contributed by atoms with Gasteiger partial charge in [-0.05, 0) is 35.4 Å². The summed E-state index contributed by atoms with van der Waals surface area (Å²) in [6.07, 6.45) is 4.00. The Morgan fingerprint density at radius 1 is 1.57 bits per heavy atom. The predicted octanol–water partition coefficient (Wildman–Crippen LogP) is 1.52. The van der Waals surface area contributed by atoms with Crippen molar-refractivity contribution in [3.63, 3.8) is 0 Å². The Labute approximate surface area is 127 Å². The van der Waals surface area contributed by atoms with Crippen molar-refractivity contribution in [2.24, 2.45) is 11.0 Å². The summed E-state index contributed by atoms with van der Waals surface area (Å²) in [5, 5.41) is 13.0. The first-order chi connectivity index (χ1) is 10.1. The van der Waals surface area contributed by atoms with Crippen LogP contribution in [0.15, 0.2) is 25.9 Å². The fraction of sp³-hybridized carbons (Fsp3) is 0.500. The van der Waals surface area contributed by atoms with Crippen LogP contribution in [0.25, 0.3) is 16.5 Å². The lowest BCUT2D eigenvalue weighted by Crippen LogP contribution is -2.32. The van der Waals surface area contributed by atoms with Gasteiger partial charge in [0, 0.05) is 29.8 Å². The predicted molar refractivity (Wildman–Crippen MR) is 81.1 cm³/mol. The molecule has 2 N–H and O–H groups in total. The van der Waals surface area contributed by atoms with E-state index in [2.05, 4.69) is 30.9 Å². The Bertz CT molecular complexity index is 704. The second-order valence-electron chi connectivity index (χ2n) is 4.88. The molecule has 0 bridgehead atoms. The first kappa shape index (κ1) is 15.6. The minimum atomic E-state index is -0.505. The summed E-state index contributed by atoms with van der Waals surface area (Å²) in [5.74, 6) is -0.181. The van der Waals surface area contributed by atoms with Crippen molar-refractivity contribution >= 4 is 22.0 Å². The van der Waals surface area contributed by atoms with E-state index in [0.29, 0.717) is 18.4 Å². The molecule has 1 aromatic rings. The van der Waals surface area contributed by atoms with E-state index in [1.807, 2.05) is 0 Å². The largest absolute Gasteiger partial charge is 0.396 e. The van der Waals surface area contributed by atoms with Crippen LogP contribution in [0.4, 0.5) is 0 Å². The monoisotopic (exact) mass is 355 g/mol. The van der Waals surface area contributed by atoms with Crippen molar-refractivity contribution in [3.8, 4) is 0 Å². The molecule has 1 saturated carbocycles. The maximum atomic E-state index is 11.9. The normalized spacial score (nSPS) is 25.1. The first-order valence-electron chi connectivity index (χ1n) is 6.38. The highest BCUT2D eigenvalue weighted by Crippen LogP contribution is 2.35. The minimum absolute atomic E-state index is 0.105. The van der Waals surface area contributed by atoms with Gasteiger partial charge >= 0.3 is 5.69 Å². The van der Waals surface area contributed by atoms with Gasteiger partial charge in [-0.25, -0.2) is 4.79 Å². The third-order valence-corrected chi connectivity index (χ3v) is 3.96. The molecule has 1 heterocycles. The van der Waals surface area contributed by atoms with Crippen LogP contribution in [-0.4, -0.2) is 27.3 Å². The first-order valence-corrected chi connectivity index (χ1v) is 7.29. The number of hydrogen-bond acceptors (Lipinski definition) is 4. The molecular weight excluding hydrogens is 342 g/mol. The number of hydrogen-bond donors (Lipinski definition) is 2. The van der Waals surface area contributed by atoms with Crippen LogP contribution in [0.5, 0.6) is 0 Å². The summed E-state index contributed by atoms with van der Waals surface area (Å²) < 4.78 is 1.43. The zero-order valence-electron chi connectivity index (χ0n) is 11.0. The Morgan fingerprint density at radius 3 is 2.95 bits per heavy atom. The van der Waals surface area contributed by atoms with Crippen molar-refractivity contribution in [3.05, 3.63) is 48.0 Å². The molecule has 0 aliphatic heterocycles. The van der Waals surface area contributed by atoms with E-state index < -0.39 is 11.2 Å². The number of aromatic nitrogens is 2. The zero-order chi connectivity index (χ0) is 15.4. The van der Waals surface area contributed by atoms with Gasteiger partial charge in [0.05, 0.1) is 5.56 Å². The lowest BCUT2D eigenvalue weighted by molar-refractivity contribution is 0.215. The smallest absolute Gasteiger partial charge is 0.328 e. The minimum Gasteiger partial charge on any atom is -0.396 e. The van der Waals surface area contributed by atoms with Crippen molar-refractivity contribution in [1.29, 1.82) is 0 Å². The topological polar surface area (TPSA) is 124 Å². The maximum absolute atomic E-state index is 11.9. The van der Waals surface area contributed by atoms with Gasteiger partial charge in [-0.2, -0.15) is 0 Å². The summed E-state index contributed by atoms with van der Waals surface area (Å²) in [4.78, 5) is 30.2. The van der Waals surface area contributed by atoms with E-state index in [4.69, 9.17) is 5.53 Å². The number of aliphatic hydroxyl groups excluding tert-OH is 1. The number of nitrogens with zero attached hydrogens (tertiary/aromatic N) is 4. The van der Waals surface area contributed by atoms with E-state index in [0.717, 1.165) is 0 Å². The average molecular weight is 356 g/mol. The second-order valence-corrected chi connectivity index (χ2v) is 5.41. The van der Waals surface area contributed by atoms with Crippen molar-refractivity contribution < 1.29 is 5.11 Å². The third kappa shape index (κ3) is 3.26. The van der Waals surface area contributed by atoms with Gasteiger partial charge in [-0.3, -0.25) is 14.3 Å². The number of aromatic amines is 1. The molecule has 2 rings (SSSR count). The molecule has 1 aliphatic rings. The number of nitrogens with one attached hydrogen (secondary N) is 1.